The van der Waals surface area contributed by atoms with E-state index in [0.29, 0.717) is 5.41 Å². The van der Waals surface area contributed by atoms with Gasteiger partial charge in [0.1, 0.15) is 0 Å². The Morgan fingerprint density at radius 2 is 1.64 bits per heavy atom. The van der Waals surface area contributed by atoms with Crippen molar-refractivity contribution >= 4 is 0 Å². The van der Waals surface area contributed by atoms with Crippen LogP contribution in [0.3, 0.4) is 0 Å². The molecule has 14 heavy (non-hydrogen) atoms. The highest BCUT2D eigenvalue weighted by Crippen LogP contribution is 2.46. The van der Waals surface area contributed by atoms with Crippen molar-refractivity contribution < 1.29 is 0 Å². The zero-order chi connectivity index (χ0) is 10.9. The smallest absolute Gasteiger partial charge is 0.0334 e. The Balaban J connectivity index is 2.73. The van der Waals surface area contributed by atoms with E-state index in [1.807, 2.05) is 0 Å². The predicted molar refractivity (Wildman–Crippen MR) is 64.3 cm³/mol. The van der Waals surface area contributed by atoms with Crippen LogP contribution in [0.1, 0.15) is 60.8 Å². The maximum atomic E-state index is 2.42. The fourth-order valence-corrected chi connectivity index (χ4v) is 3.24. The standard InChI is InChI=1S/C14H28/c1-10(2)12-9-11(3)7-8-13(12)14(4,5)6/h10-13H,7-9H2,1-6H3. The first-order chi connectivity index (χ1) is 6.32. The Kier molecular flexibility index (Phi) is 3.66. The molecule has 0 heterocycles. The first kappa shape index (κ1) is 12.1. The molecular weight excluding hydrogens is 168 g/mol. The summed E-state index contributed by atoms with van der Waals surface area (Å²) in [4.78, 5) is 0. The lowest BCUT2D eigenvalue weighted by Gasteiger charge is -2.44. The van der Waals surface area contributed by atoms with Gasteiger partial charge in [0.2, 0.25) is 0 Å². The van der Waals surface area contributed by atoms with E-state index >= 15 is 0 Å². The Morgan fingerprint density at radius 1 is 1.07 bits per heavy atom. The van der Waals surface area contributed by atoms with Gasteiger partial charge in [0.15, 0.2) is 0 Å². The summed E-state index contributed by atoms with van der Waals surface area (Å²) in [5.74, 6) is 3.72. The maximum Gasteiger partial charge on any atom is -0.0334 e. The van der Waals surface area contributed by atoms with Crippen molar-refractivity contribution in [3.8, 4) is 0 Å². The first-order valence-electron chi connectivity index (χ1n) is 6.32. The second-order valence-electron chi connectivity index (χ2n) is 6.80. The molecule has 0 aromatic carbocycles. The van der Waals surface area contributed by atoms with Gasteiger partial charge in [0, 0.05) is 0 Å². The van der Waals surface area contributed by atoms with E-state index in [-0.39, 0.29) is 0 Å². The zero-order valence-electron chi connectivity index (χ0n) is 10.9. The fourth-order valence-electron chi connectivity index (χ4n) is 3.24. The van der Waals surface area contributed by atoms with Crippen LogP contribution in [0, 0.1) is 29.1 Å². The molecule has 0 aliphatic heterocycles. The van der Waals surface area contributed by atoms with Gasteiger partial charge in [-0.2, -0.15) is 0 Å². The van der Waals surface area contributed by atoms with Crippen molar-refractivity contribution in [1.29, 1.82) is 0 Å². The van der Waals surface area contributed by atoms with Gasteiger partial charge in [0.05, 0.1) is 0 Å². The van der Waals surface area contributed by atoms with E-state index in [1.165, 1.54) is 19.3 Å². The largest absolute Gasteiger partial charge is 0.0625 e. The highest BCUT2D eigenvalue weighted by Gasteiger charge is 2.37. The van der Waals surface area contributed by atoms with Crippen LogP contribution in [-0.2, 0) is 0 Å². The minimum Gasteiger partial charge on any atom is -0.0625 e. The molecule has 0 radical (unpaired) electrons. The maximum absolute atomic E-state index is 2.42. The van der Waals surface area contributed by atoms with Gasteiger partial charge in [-0.1, -0.05) is 48.0 Å². The van der Waals surface area contributed by atoms with Crippen LogP contribution in [0.2, 0.25) is 0 Å². The molecule has 0 bridgehead atoms. The quantitative estimate of drug-likeness (QED) is 0.568. The molecule has 0 saturated heterocycles. The van der Waals surface area contributed by atoms with Crippen molar-refractivity contribution in [1.82, 2.24) is 0 Å². The van der Waals surface area contributed by atoms with E-state index in [1.54, 1.807) is 0 Å². The van der Waals surface area contributed by atoms with E-state index in [2.05, 4.69) is 41.5 Å². The van der Waals surface area contributed by atoms with Crippen LogP contribution in [0.25, 0.3) is 0 Å². The monoisotopic (exact) mass is 196 g/mol. The topological polar surface area (TPSA) is 0 Å². The van der Waals surface area contributed by atoms with Crippen molar-refractivity contribution in [2.45, 2.75) is 60.8 Å². The molecule has 0 nitrogen and oxygen atoms in total. The summed E-state index contributed by atoms with van der Waals surface area (Å²) in [6, 6.07) is 0. The van der Waals surface area contributed by atoms with Crippen molar-refractivity contribution in [3.63, 3.8) is 0 Å². The summed E-state index contributed by atoms with van der Waals surface area (Å²) in [6.07, 6.45) is 4.36. The fraction of sp³-hybridized carbons (Fsp3) is 1.00. The van der Waals surface area contributed by atoms with Gasteiger partial charge in [0.25, 0.3) is 0 Å². The van der Waals surface area contributed by atoms with Gasteiger partial charge in [-0.05, 0) is 41.9 Å². The van der Waals surface area contributed by atoms with Crippen LogP contribution in [-0.4, -0.2) is 0 Å². The highest BCUT2D eigenvalue weighted by atomic mass is 14.4. The van der Waals surface area contributed by atoms with Gasteiger partial charge in [-0.3, -0.25) is 0 Å². The molecule has 0 amide bonds. The van der Waals surface area contributed by atoms with Crippen LogP contribution in [0.15, 0.2) is 0 Å². The van der Waals surface area contributed by atoms with E-state index in [0.717, 1.165) is 23.7 Å². The minimum absolute atomic E-state index is 0.509. The summed E-state index contributed by atoms with van der Waals surface area (Å²) in [5, 5.41) is 0. The molecule has 0 aromatic rings. The van der Waals surface area contributed by atoms with Gasteiger partial charge in [-0.25, -0.2) is 0 Å². The summed E-state index contributed by atoms with van der Waals surface area (Å²) >= 11 is 0. The molecular formula is C14H28. The number of hydrogen-bond acceptors (Lipinski definition) is 0. The van der Waals surface area contributed by atoms with Crippen molar-refractivity contribution in [3.05, 3.63) is 0 Å². The second-order valence-corrected chi connectivity index (χ2v) is 6.80. The molecule has 3 atom stereocenters. The first-order valence-corrected chi connectivity index (χ1v) is 6.32. The number of rotatable bonds is 1. The van der Waals surface area contributed by atoms with Crippen LogP contribution >= 0.6 is 0 Å². The Hall–Kier alpha value is 0. The number of hydrogen-bond donors (Lipinski definition) is 0. The molecule has 1 rings (SSSR count). The lowest BCUT2D eigenvalue weighted by atomic mass is 9.61. The molecule has 3 unspecified atom stereocenters. The summed E-state index contributed by atoms with van der Waals surface area (Å²) in [6.45, 7) is 14.5. The predicted octanol–water partition coefficient (Wildman–Crippen LogP) is 4.74. The molecule has 0 heteroatoms. The summed E-state index contributed by atoms with van der Waals surface area (Å²) in [5.41, 5.74) is 0.509. The van der Waals surface area contributed by atoms with Crippen molar-refractivity contribution in [2.75, 3.05) is 0 Å². The lowest BCUT2D eigenvalue weighted by molar-refractivity contribution is 0.0553. The molecule has 0 aromatic heterocycles. The lowest BCUT2D eigenvalue weighted by Crippen LogP contribution is -2.36. The molecule has 1 saturated carbocycles. The highest BCUT2D eigenvalue weighted by molar-refractivity contribution is 4.87. The molecule has 0 N–H and O–H groups in total. The van der Waals surface area contributed by atoms with Gasteiger partial charge < -0.3 is 0 Å². The van der Waals surface area contributed by atoms with Crippen LogP contribution in [0.5, 0.6) is 0 Å². The van der Waals surface area contributed by atoms with Gasteiger partial charge in [-0.15, -0.1) is 0 Å². The third-order valence-electron chi connectivity index (χ3n) is 4.13. The SMILES string of the molecule is CC1CCC(C(C)(C)C)C(C(C)C)C1. The Bertz CT molecular complexity index is 173. The summed E-state index contributed by atoms with van der Waals surface area (Å²) < 4.78 is 0. The minimum atomic E-state index is 0.509. The molecule has 1 aliphatic carbocycles. The Labute approximate surface area is 90.5 Å². The zero-order valence-corrected chi connectivity index (χ0v) is 10.9. The summed E-state index contributed by atoms with van der Waals surface area (Å²) in [7, 11) is 0. The Morgan fingerprint density at radius 3 is 2.07 bits per heavy atom. The molecule has 1 aliphatic rings. The van der Waals surface area contributed by atoms with Crippen LogP contribution < -0.4 is 0 Å². The van der Waals surface area contributed by atoms with E-state index in [4.69, 9.17) is 0 Å². The normalized spacial score (nSPS) is 34.9. The van der Waals surface area contributed by atoms with Gasteiger partial charge >= 0.3 is 0 Å². The van der Waals surface area contributed by atoms with Crippen LogP contribution in [0.4, 0.5) is 0 Å². The molecule has 1 fully saturated rings. The van der Waals surface area contributed by atoms with Crippen molar-refractivity contribution in [2.24, 2.45) is 29.1 Å². The van der Waals surface area contributed by atoms with E-state index in [9.17, 15) is 0 Å². The molecule has 0 spiro atoms. The average molecular weight is 196 g/mol. The third-order valence-corrected chi connectivity index (χ3v) is 4.13. The third kappa shape index (κ3) is 2.74. The van der Waals surface area contributed by atoms with E-state index < -0.39 is 0 Å². The average Bonchev–Trinajstić information content (AvgIpc) is 2.01. The second kappa shape index (κ2) is 4.24. The molecule has 84 valence electrons.